The fraction of sp³-hybridized carbons (Fsp3) is 0. The van der Waals surface area contributed by atoms with Crippen LogP contribution in [0.1, 0.15) is 0 Å². The van der Waals surface area contributed by atoms with Crippen LogP contribution in [-0.2, 0) is 0 Å². The van der Waals surface area contributed by atoms with Gasteiger partial charge in [0.25, 0.3) is 0 Å². The van der Waals surface area contributed by atoms with E-state index in [0.29, 0.717) is 0 Å². The topological polar surface area (TPSA) is 0 Å². The second-order valence-electron chi connectivity index (χ2n) is 0.793. The molecule has 0 atom stereocenters. The van der Waals surface area contributed by atoms with Crippen LogP contribution < -0.4 is 24.8 Å². The van der Waals surface area contributed by atoms with Gasteiger partial charge in [-0.15, -0.1) is 0 Å². The summed E-state index contributed by atoms with van der Waals surface area (Å²) in [7, 11) is 0. The maximum atomic E-state index is 2.04. The summed E-state index contributed by atoms with van der Waals surface area (Å²) in [5.41, 5.74) is 0. The average molecular weight is 179 g/mol. The van der Waals surface area contributed by atoms with Gasteiger partial charge in [-0.2, -0.15) is 11.3 Å². The molecule has 1 rings (SSSR count). The van der Waals surface area contributed by atoms with Crippen LogP contribution in [0.3, 0.4) is 0 Å². The summed E-state index contributed by atoms with van der Waals surface area (Å²) in [5, 5.41) is 4.08. The summed E-state index contributed by atoms with van der Waals surface area (Å²) in [4.78, 5) is 0. The van der Waals surface area contributed by atoms with Gasteiger partial charge in [0.2, 0.25) is 0 Å². The third-order valence-corrected chi connectivity index (χ3v) is 1.05. The molecule has 0 radical (unpaired) electrons. The third-order valence-electron chi connectivity index (χ3n) is 0.425. The van der Waals surface area contributed by atoms with E-state index in [2.05, 4.69) is 0 Å². The van der Waals surface area contributed by atoms with E-state index in [4.69, 9.17) is 0 Å². The Morgan fingerprint density at radius 3 is 1.38 bits per heavy atom. The normalized spacial score (nSPS) is 5.00. The second kappa shape index (κ2) is 10.9. The van der Waals surface area contributed by atoms with Crippen molar-refractivity contribution in [3.05, 3.63) is 22.9 Å². The molecular formula is C4H4Cl2MgS. The first-order chi connectivity index (χ1) is 2.50. The van der Waals surface area contributed by atoms with Crippen molar-refractivity contribution in [3.63, 3.8) is 0 Å². The van der Waals surface area contributed by atoms with Crippen molar-refractivity contribution in [2.75, 3.05) is 0 Å². The Bertz CT molecular complexity index is 70.5. The van der Waals surface area contributed by atoms with Crippen LogP contribution in [0.5, 0.6) is 0 Å². The minimum absolute atomic E-state index is 0. The van der Waals surface area contributed by atoms with Crippen LogP contribution in [0.2, 0.25) is 0 Å². The Balaban J connectivity index is -0.0000000833. The molecule has 1 aromatic heterocycles. The van der Waals surface area contributed by atoms with Gasteiger partial charge in [-0.05, 0) is 10.8 Å². The summed E-state index contributed by atoms with van der Waals surface area (Å²) in [5.74, 6) is 0. The second-order valence-corrected chi connectivity index (χ2v) is 1.61. The van der Waals surface area contributed by atoms with Gasteiger partial charge in [0, 0.05) is 0 Å². The zero-order chi connectivity index (χ0) is 3.54. The van der Waals surface area contributed by atoms with Crippen molar-refractivity contribution in [2.24, 2.45) is 0 Å². The molecule has 0 aliphatic heterocycles. The van der Waals surface area contributed by atoms with Gasteiger partial charge >= 0.3 is 23.1 Å². The molecule has 0 unspecified atom stereocenters. The first-order valence-corrected chi connectivity index (χ1v) is 2.41. The van der Waals surface area contributed by atoms with Crippen LogP contribution in [0, 0.1) is 0 Å². The molecule has 0 saturated carbocycles. The summed E-state index contributed by atoms with van der Waals surface area (Å²) >= 11 is 1.71. The molecule has 42 valence electrons. The summed E-state index contributed by atoms with van der Waals surface area (Å²) in [6.45, 7) is 0. The largest absolute Gasteiger partial charge is 2.00 e. The fourth-order valence-electron chi connectivity index (χ4n) is 0.227. The minimum atomic E-state index is 0. The van der Waals surface area contributed by atoms with Crippen molar-refractivity contribution in [1.82, 2.24) is 0 Å². The molecular weight excluding hydrogens is 175 g/mol. The van der Waals surface area contributed by atoms with Gasteiger partial charge in [0.05, 0.1) is 0 Å². The molecule has 0 nitrogen and oxygen atoms in total. The van der Waals surface area contributed by atoms with Gasteiger partial charge in [-0.3, -0.25) is 0 Å². The standard InChI is InChI=1S/C4H4S.2ClH.Mg/c1-2-4-5-3-1;;;/h1-4H;2*1H;/q;;;+2/p-2. The van der Waals surface area contributed by atoms with Gasteiger partial charge < -0.3 is 24.8 Å². The summed E-state index contributed by atoms with van der Waals surface area (Å²) in [6, 6.07) is 4.04. The van der Waals surface area contributed by atoms with Crippen molar-refractivity contribution in [2.45, 2.75) is 0 Å². The first-order valence-electron chi connectivity index (χ1n) is 1.47. The SMILES string of the molecule is [Cl-].[Cl-].[Mg+2].c1ccsc1. The van der Waals surface area contributed by atoms with Crippen LogP contribution in [0.4, 0.5) is 0 Å². The molecule has 0 aliphatic rings. The molecule has 0 aliphatic carbocycles. The maximum absolute atomic E-state index is 2.04. The van der Waals surface area contributed by atoms with Crippen LogP contribution >= 0.6 is 11.3 Å². The predicted octanol–water partition coefficient (Wildman–Crippen LogP) is -4.62. The summed E-state index contributed by atoms with van der Waals surface area (Å²) in [6.07, 6.45) is 0. The molecule has 0 aromatic carbocycles. The Kier molecular flexibility index (Phi) is 21.9. The molecule has 0 spiro atoms. The van der Waals surface area contributed by atoms with Crippen LogP contribution in [0.15, 0.2) is 22.9 Å². The van der Waals surface area contributed by atoms with Gasteiger partial charge in [-0.25, -0.2) is 0 Å². The van der Waals surface area contributed by atoms with E-state index in [0.717, 1.165) is 0 Å². The van der Waals surface area contributed by atoms with Crippen molar-refractivity contribution in [1.29, 1.82) is 0 Å². The molecule has 0 bridgehead atoms. The molecule has 1 aromatic rings. The van der Waals surface area contributed by atoms with E-state index in [1.807, 2.05) is 22.9 Å². The minimum Gasteiger partial charge on any atom is -1.00 e. The molecule has 1 heterocycles. The molecule has 4 heteroatoms. The Hall–Kier alpha value is 1.05. The Labute approximate surface area is 81.6 Å². The Morgan fingerprint density at radius 2 is 1.25 bits per heavy atom. The number of halogens is 2. The number of rotatable bonds is 0. The predicted molar refractivity (Wildman–Crippen MR) is 30.1 cm³/mol. The smallest absolute Gasteiger partial charge is 1.00 e. The van der Waals surface area contributed by atoms with Gasteiger partial charge in [0.1, 0.15) is 0 Å². The number of hydrogen-bond donors (Lipinski definition) is 0. The Morgan fingerprint density at radius 1 is 0.875 bits per heavy atom. The molecule has 0 N–H and O–H groups in total. The summed E-state index contributed by atoms with van der Waals surface area (Å²) < 4.78 is 0. The van der Waals surface area contributed by atoms with Crippen molar-refractivity contribution < 1.29 is 24.8 Å². The van der Waals surface area contributed by atoms with E-state index in [-0.39, 0.29) is 47.9 Å². The van der Waals surface area contributed by atoms with E-state index in [1.165, 1.54) is 0 Å². The molecule has 0 fully saturated rings. The van der Waals surface area contributed by atoms with Crippen LogP contribution in [-0.4, -0.2) is 23.1 Å². The quantitative estimate of drug-likeness (QED) is 0.352. The van der Waals surface area contributed by atoms with Crippen molar-refractivity contribution in [3.8, 4) is 0 Å². The number of thiophene rings is 1. The average Bonchev–Trinajstić information content (AvgIpc) is 1.76. The van der Waals surface area contributed by atoms with Gasteiger partial charge in [0.15, 0.2) is 0 Å². The monoisotopic (exact) mass is 178 g/mol. The zero-order valence-electron chi connectivity index (χ0n) is 4.18. The van der Waals surface area contributed by atoms with E-state index >= 15 is 0 Å². The molecule has 0 saturated heterocycles. The fourth-order valence-corrected chi connectivity index (χ4v) is 0.680. The zero-order valence-corrected chi connectivity index (χ0v) is 7.92. The van der Waals surface area contributed by atoms with Gasteiger partial charge in [-0.1, -0.05) is 12.1 Å². The number of hydrogen-bond acceptors (Lipinski definition) is 1. The van der Waals surface area contributed by atoms with Crippen molar-refractivity contribution >= 4 is 34.4 Å². The van der Waals surface area contributed by atoms with E-state index in [9.17, 15) is 0 Å². The molecule has 0 amide bonds. The van der Waals surface area contributed by atoms with Crippen LogP contribution in [0.25, 0.3) is 0 Å². The van der Waals surface area contributed by atoms with E-state index in [1.54, 1.807) is 11.3 Å². The van der Waals surface area contributed by atoms with E-state index < -0.39 is 0 Å². The first kappa shape index (κ1) is 16.0. The maximum Gasteiger partial charge on any atom is 2.00 e. The third kappa shape index (κ3) is 7.05. The molecule has 8 heavy (non-hydrogen) atoms.